The largest absolute Gasteiger partial charge is 0.493 e. The van der Waals surface area contributed by atoms with Gasteiger partial charge in [-0.2, -0.15) is 0 Å². The average molecular weight is 273 g/mol. The van der Waals surface area contributed by atoms with Gasteiger partial charge in [0.15, 0.2) is 0 Å². The number of ether oxygens (including phenoxy) is 1. The van der Waals surface area contributed by atoms with Gasteiger partial charge in [0.1, 0.15) is 5.75 Å². The summed E-state index contributed by atoms with van der Waals surface area (Å²) in [6.45, 7) is 4.26. The molecule has 1 aliphatic heterocycles. The van der Waals surface area contributed by atoms with E-state index in [1.165, 1.54) is 44.1 Å². The molecule has 2 aliphatic rings. The summed E-state index contributed by atoms with van der Waals surface area (Å²) in [5, 5.41) is 3.79. The van der Waals surface area contributed by atoms with Crippen LogP contribution in [0.4, 0.5) is 0 Å². The Morgan fingerprint density at radius 3 is 2.90 bits per heavy atom. The van der Waals surface area contributed by atoms with E-state index in [-0.39, 0.29) is 0 Å². The molecule has 1 N–H and O–H groups in total. The van der Waals surface area contributed by atoms with Crippen molar-refractivity contribution >= 4 is 0 Å². The van der Waals surface area contributed by atoms with Crippen LogP contribution in [0.3, 0.4) is 0 Å². The van der Waals surface area contributed by atoms with Crippen LogP contribution in [0.2, 0.25) is 0 Å². The molecule has 2 nitrogen and oxygen atoms in total. The quantitative estimate of drug-likeness (QED) is 0.851. The molecule has 1 aromatic carbocycles. The fourth-order valence-corrected chi connectivity index (χ4v) is 3.47. The van der Waals surface area contributed by atoms with Crippen LogP contribution >= 0.6 is 0 Å². The van der Waals surface area contributed by atoms with Gasteiger partial charge in [0.25, 0.3) is 0 Å². The second-order valence-electron chi connectivity index (χ2n) is 6.48. The van der Waals surface area contributed by atoms with E-state index in [0.29, 0.717) is 12.0 Å². The number of nitrogens with one attached hydrogen (secondary N) is 1. The van der Waals surface area contributed by atoms with E-state index in [0.717, 1.165) is 24.8 Å². The molecular formula is C18H27NO. The van der Waals surface area contributed by atoms with Crippen LogP contribution in [0.5, 0.6) is 5.75 Å². The van der Waals surface area contributed by atoms with Crippen LogP contribution in [0, 0.1) is 11.8 Å². The van der Waals surface area contributed by atoms with Gasteiger partial charge >= 0.3 is 0 Å². The minimum atomic E-state index is 0.633. The zero-order chi connectivity index (χ0) is 13.8. The van der Waals surface area contributed by atoms with Crippen molar-refractivity contribution in [2.45, 2.75) is 51.5 Å². The molecule has 2 atom stereocenters. The molecule has 1 saturated carbocycles. The molecule has 0 radical (unpaired) electrons. The van der Waals surface area contributed by atoms with Crippen molar-refractivity contribution in [2.24, 2.45) is 11.8 Å². The van der Waals surface area contributed by atoms with Gasteiger partial charge in [-0.25, -0.2) is 0 Å². The predicted molar refractivity (Wildman–Crippen MR) is 83.2 cm³/mol. The molecule has 110 valence electrons. The SMILES string of the molecule is CCCNC(CC1CCC1)C1COc2ccccc2C1. The molecule has 1 aliphatic carbocycles. The molecule has 3 rings (SSSR count). The fourth-order valence-electron chi connectivity index (χ4n) is 3.47. The van der Waals surface area contributed by atoms with Crippen molar-refractivity contribution in [2.75, 3.05) is 13.2 Å². The second kappa shape index (κ2) is 6.62. The zero-order valence-electron chi connectivity index (χ0n) is 12.6. The van der Waals surface area contributed by atoms with Gasteiger partial charge in [-0.05, 0) is 43.4 Å². The molecule has 1 heterocycles. The number of rotatable bonds is 6. The Bertz CT molecular complexity index is 427. The van der Waals surface area contributed by atoms with Crippen LogP contribution in [0.15, 0.2) is 24.3 Å². The van der Waals surface area contributed by atoms with Gasteiger partial charge in [0.05, 0.1) is 6.61 Å². The lowest BCUT2D eigenvalue weighted by atomic mass is 9.77. The van der Waals surface area contributed by atoms with E-state index < -0.39 is 0 Å². The molecule has 0 amide bonds. The monoisotopic (exact) mass is 273 g/mol. The van der Waals surface area contributed by atoms with E-state index in [1.807, 2.05) is 0 Å². The standard InChI is InChI=1S/C18H27NO/c1-2-10-19-17(11-14-6-5-7-14)16-12-15-8-3-4-9-18(15)20-13-16/h3-4,8-9,14,16-17,19H,2,5-7,10-13H2,1H3. The minimum Gasteiger partial charge on any atom is -0.493 e. The second-order valence-corrected chi connectivity index (χ2v) is 6.48. The molecule has 1 fully saturated rings. The summed E-state index contributed by atoms with van der Waals surface area (Å²) >= 11 is 0. The molecule has 0 aromatic heterocycles. The highest BCUT2D eigenvalue weighted by molar-refractivity contribution is 5.35. The highest BCUT2D eigenvalue weighted by Gasteiger charge is 2.30. The third kappa shape index (κ3) is 3.17. The highest BCUT2D eigenvalue weighted by atomic mass is 16.5. The molecule has 0 spiro atoms. The normalized spacial score (nSPS) is 23.6. The van der Waals surface area contributed by atoms with Crippen molar-refractivity contribution < 1.29 is 4.74 Å². The third-order valence-corrected chi connectivity index (χ3v) is 4.95. The molecule has 2 heteroatoms. The predicted octanol–water partition coefficient (Wildman–Crippen LogP) is 3.80. The number of benzene rings is 1. The number of para-hydroxylation sites is 1. The molecule has 2 unspecified atom stereocenters. The zero-order valence-corrected chi connectivity index (χ0v) is 12.6. The van der Waals surface area contributed by atoms with E-state index in [4.69, 9.17) is 4.74 Å². The van der Waals surface area contributed by atoms with Crippen LogP contribution in [0.25, 0.3) is 0 Å². The Kier molecular flexibility index (Phi) is 4.62. The average Bonchev–Trinajstić information content (AvgIpc) is 2.45. The summed E-state index contributed by atoms with van der Waals surface area (Å²) in [5.74, 6) is 2.69. The van der Waals surface area contributed by atoms with Gasteiger partial charge in [0, 0.05) is 12.0 Å². The first-order valence-electron chi connectivity index (χ1n) is 8.31. The first-order chi connectivity index (χ1) is 9.86. The van der Waals surface area contributed by atoms with Crippen molar-refractivity contribution in [1.82, 2.24) is 5.32 Å². The summed E-state index contributed by atoms with van der Waals surface area (Å²) in [6, 6.07) is 9.16. The van der Waals surface area contributed by atoms with E-state index in [1.54, 1.807) is 0 Å². The first-order valence-corrected chi connectivity index (χ1v) is 8.31. The van der Waals surface area contributed by atoms with Gasteiger partial charge in [-0.15, -0.1) is 0 Å². The summed E-state index contributed by atoms with van der Waals surface area (Å²) in [6.07, 6.45) is 8.05. The van der Waals surface area contributed by atoms with E-state index >= 15 is 0 Å². The summed E-state index contributed by atoms with van der Waals surface area (Å²) in [4.78, 5) is 0. The van der Waals surface area contributed by atoms with Crippen molar-refractivity contribution in [3.63, 3.8) is 0 Å². The molecule has 20 heavy (non-hydrogen) atoms. The smallest absolute Gasteiger partial charge is 0.122 e. The Morgan fingerprint density at radius 2 is 2.15 bits per heavy atom. The molecular weight excluding hydrogens is 246 g/mol. The van der Waals surface area contributed by atoms with Gasteiger partial charge in [-0.3, -0.25) is 0 Å². The Hall–Kier alpha value is -1.02. The van der Waals surface area contributed by atoms with Crippen LogP contribution in [-0.4, -0.2) is 19.2 Å². The number of hydrogen-bond acceptors (Lipinski definition) is 2. The van der Waals surface area contributed by atoms with Crippen molar-refractivity contribution in [1.29, 1.82) is 0 Å². The summed E-state index contributed by atoms with van der Waals surface area (Å²) < 4.78 is 5.99. The summed E-state index contributed by atoms with van der Waals surface area (Å²) in [5.41, 5.74) is 1.39. The Labute approximate surface area is 122 Å². The highest BCUT2D eigenvalue weighted by Crippen LogP contribution is 2.35. The summed E-state index contributed by atoms with van der Waals surface area (Å²) in [7, 11) is 0. The molecule has 1 aromatic rings. The number of fused-ring (bicyclic) bond motifs is 1. The first kappa shape index (κ1) is 13.9. The van der Waals surface area contributed by atoms with Gasteiger partial charge < -0.3 is 10.1 Å². The topological polar surface area (TPSA) is 21.3 Å². The van der Waals surface area contributed by atoms with Crippen molar-refractivity contribution in [3.8, 4) is 5.75 Å². The maximum atomic E-state index is 5.99. The molecule has 0 saturated heterocycles. The lowest BCUT2D eigenvalue weighted by molar-refractivity contribution is 0.152. The molecule has 0 bridgehead atoms. The Balaban J connectivity index is 1.64. The fraction of sp³-hybridized carbons (Fsp3) is 0.667. The van der Waals surface area contributed by atoms with Crippen LogP contribution < -0.4 is 10.1 Å². The van der Waals surface area contributed by atoms with E-state index in [9.17, 15) is 0 Å². The van der Waals surface area contributed by atoms with E-state index in [2.05, 4.69) is 36.5 Å². The van der Waals surface area contributed by atoms with Gasteiger partial charge in [-0.1, -0.05) is 44.4 Å². The lowest BCUT2D eigenvalue weighted by Gasteiger charge is -2.36. The Morgan fingerprint density at radius 1 is 1.30 bits per heavy atom. The third-order valence-electron chi connectivity index (χ3n) is 4.95. The maximum absolute atomic E-state index is 5.99. The minimum absolute atomic E-state index is 0.633. The maximum Gasteiger partial charge on any atom is 0.122 e. The number of hydrogen-bond donors (Lipinski definition) is 1. The van der Waals surface area contributed by atoms with Crippen LogP contribution in [-0.2, 0) is 6.42 Å². The van der Waals surface area contributed by atoms with Crippen LogP contribution in [0.1, 0.15) is 44.6 Å². The lowest BCUT2D eigenvalue weighted by Crippen LogP contribution is -2.43. The van der Waals surface area contributed by atoms with Gasteiger partial charge in [0.2, 0.25) is 0 Å². The van der Waals surface area contributed by atoms with Crippen molar-refractivity contribution in [3.05, 3.63) is 29.8 Å².